The van der Waals surface area contributed by atoms with Crippen molar-refractivity contribution in [2.75, 3.05) is 0 Å². The molecular formula is C21H30N4S. The molecule has 0 fully saturated rings. The van der Waals surface area contributed by atoms with E-state index in [-0.39, 0.29) is 0 Å². The molecular weight excluding hydrogens is 340 g/mol. The third-order valence-corrected chi connectivity index (χ3v) is 6.16. The van der Waals surface area contributed by atoms with E-state index in [1.54, 1.807) is 11.3 Å². The first-order valence-electron chi connectivity index (χ1n) is 9.69. The van der Waals surface area contributed by atoms with Crippen molar-refractivity contribution in [1.29, 1.82) is 0 Å². The van der Waals surface area contributed by atoms with Crippen molar-refractivity contribution in [3.63, 3.8) is 0 Å². The summed E-state index contributed by atoms with van der Waals surface area (Å²) < 4.78 is 2.07. The van der Waals surface area contributed by atoms with Crippen LogP contribution in [0.3, 0.4) is 0 Å². The fraction of sp³-hybridized carbons (Fsp3) is 0.571. The molecule has 0 radical (unpaired) electrons. The fourth-order valence-corrected chi connectivity index (χ4v) is 5.04. The van der Waals surface area contributed by atoms with Gasteiger partial charge in [0, 0.05) is 12.0 Å². The van der Waals surface area contributed by atoms with Crippen LogP contribution in [0.5, 0.6) is 0 Å². The van der Waals surface area contributed by atoms with Gasteiger partial charge in [0.1, 0.15) is 5.69 Å². The van der Waals surface area contributed by atoms with Crippen molar-refractivity contribution < 1.29 is 0 Å². The molecule has 3 rings (SSSR count). The minimum absolute atomic E-state index is 0.521. The van der Waals surface area contributed by atoms with Gasteiger partial charge in [0.15, 0.2) is 5.65 Å². The van der Waals surface area contributed by atoms with Gasteiger partial charge in [-0.1, -0.05) is 27.7 Å². The molecule has 3 aromatic heterocycles. The van der Waals surface area contributed by atoms with E-state index in [1.807, 2.05) is 0 Å². The molecule has 26 heavy (non-hydrogen) atoms. The van der Waals surface area contributed by atoms with Crippen LogP contribution in [-0.4, -0.2) is 19.6 Å². The molecule has 0 bridgehead atoms. The highest BCUT2D eigenvalue weighted by molar-refractivity contribution is 7.15. The van der Waals surface area contributed by atoms with Crippen LogP contribution in [0.25, 0.3) is 16.2 Å². The Hall–Kier alpha value is -1.75. The zero-order valence-corrected chi connectivity index (χ0v) is 17.9. The summed E-state index contributed by atoms with van der Waals surface area (Å²) in [6, 6.07) is 2.22. The van der Waals surface area contributed by atoms with Gasteiger partial charge < -0.3 is 0 Å². The number of thiazole rings is 1. The van der Waals surface area contributed by atoms with E-state index >= 15 is 0 Å². The molecule has 3 heterocycles. The van der Waals surface area contributed by atoms with E-state index in [1.165, 1.54) is 15.4 Å². The summed E-state index contributed by atoms with van der Waals surface area (Å²) >= 11 is 1.79. The highest BCUT2D eigenvalue weighted by Gasteiger charge is 2.22. The van der Waals surface area contributed by atoms with Gasteiger partial charge in [-0.05, 0) is 51.5 Å². The third-order valence-electron chi connectivity index (χ3n) is 4.97. The first kappa shape index (κ1) is 19.0. The van der Waals surface area contributed by atoms with Gasteiger partial charge >= 0.3 is 0 Å². The van der Waals surface area contributed by atoms with Crippen molar-refractivity contribution in [3.05, 3.63) is 33.7 Å². The van der Waals surface area contributed by atoms with Crippen molar-refractivity contribution in [2.24, 2.45) is 5.92 Å². The summed E-state index contributed by atoms with van der Waals surface area (Å²) in [5, 5.41) is 6.03. The smallest absolute Gasteiger partial charge is 0.158 e. The van der Waals surface area contributed by atoms with Crippen LogP contribution in [0.1, 0.15) is 74.1 Å². The number of nitrogens with zero attached hydrogens (tertiary/aromatic N) is 4. The van der Waals surface area contributed by atoms with Crippen LogP contribution in [0.15, 0.2) is 6.07 Å². The largest absolute Gasteiger partial charge is 0.246 e. The molecule has 0 aliphatic rings. The fourth-order valence-electron chi connectivity index (χ4n) is 3.68. The van der Waals surface area contributed by atoms with Crippen molar-refractivity contribution >= 4 is 17.0 Å². The van der Waals surface area contributed by atoms with Gasteiger partial charge in [-0.15, -0.1) is 11.3 Å². The zero-order chi connectivity index (χ0) is 19.0. The quantitative estimate of drug-likeness (QED) is 0.544. The van der Waals surface area contributed by atoms with Crippen molar-refractivity contribution in [2.45, 2.75) is 73.6 Å². The van der Waals surface area contributed by atoms with Crippen LogP contribution in [0.4, 0.5) is 0 Å². The molecule has 0 amide bonds. The second kappa shape index (κ2) is 7.47. The SMILES string of the molecule is CCC(CC)c1cc(C)nn2c(-c3sc(CC(C)C)nc3C)c(C)nc12. The number of imidazole rings is 1. The summed E-state index contributed by atoms with van der Waals surface area (Å²) in [4.78, 5) is 11.0. The van der Waals surface area contributed by atoms with Gasteiger partial charge in [0.25, 0.3) is 0 Å². The van der Waals surface area contributed by atoms with E-state index in [9.17, 15) is 0 Å². The lowest BCUT2D eigenvalue weighted by Gasteiger charge is -2.14. The Labute approximate surface area is 160 Å². The Morgan fingerprint density at radius 2 is 1.73 bits per heavy atom. The summed E-state index contributed by atoms with van der Waals surface area (Å²) in [6.45, 7) is 15.3. The maximum Gasteiger partial charge on any atom is 0.158 e. The molecule has 0 aliphatic heterocycles. The number of hydrogen-bond donors (Lipinski definition) is 0. The number of fused-ring (bicyclic) bond motifs is 1. The maximum atomic E-state index is 4.94. The first-order chi connectivity index (χ1) is 12.3. The van der Waals surface area contributed by atoms with Crippen molar-refractivity contribution in [1.82, 2.24) is 19.6 Å². The highest BCUT2D eigenvalue weighted by atomic mass is 32.1. The minimum Gasteiger partial charge on any atom is -0.246 e. The monoisotopic (exact) mass is 370 g/mol. The van der Waals surface area contributed by atoms with Crippen molar-refractivity contribution in [3.8, 4) is 10.6 Å². The molecule has 0 saturated carbocycles. The first-order valence-corrected chi connectivity index (χ1v) is 10.5. The molecule has 5 heteroatoms. The van der Waals surface area contributed by atoms with E-state index in [2.05, 4.69) is 59.0 Å². The average Bonchev–Trinajstić information content (AvgIpc) is 3.06. The predicted molar refractivity (Wildman–Crippen MR) is 110 cm³/mol. The second-order valence-electron chi connectivity index (χ2n) is 7.66. The summed E-state index contributed by atoms with van der Waals surface area (Å²) in [7, 11) is 0. The average molecular weight is 371 g/mol. The molecule has 0 aromatic carbocycles. The molecule has 0 unspecified atom stereocenters. The standard InChI is InChI=1S/C21H30N4S/c1-8-16(9-2)17-11-13(5)24-25-19(14(6)23-21(17)25)20-15(7)22-18(26-20)10-12(3)4/h11-12,16H,8-10H2,1-7H3. The Bertz CT molecular complexity index is 916. The Morgan fingerprint density at radius 1 is 1.04 bits per heavy atom. The predicted octanol–water partition coefficient (Wildman–Crippen LogP) is 5.88. The molecule has 3 aromatic rings. The zero-order valence-electron chi connectivity index (χ0n) is 17.1. The molecule has 4 nitrogen and oxygen atoms in total. The summed E-state index contributed by atoms with van der Waals surface area (Å²) in [5.74, 6) is 1.13. The maximum absolute atomic E-state index is 4.94. The summed E-state index contributed by atoms with van der Waals surface area (Å²) in [5.41, 5.74) is 6.61. The number of hydrogen-bond acceptors (Lipinski definition) is 4. The summed E-state index contributed by atoms with van der Waals surface area (Å²) in [6.07, 6.45) is 3.26. The Kier molecular flexibility index (Phi) is 5.47. The van der Waals surface area contributed by atoms with Crippen LogP contribution < -0.4 is 0 Å². The van der Waals surface area contributed by atoms with E-state index < -0.39 is 0 Å². The topological polar surface area (TPSA) is 43.1 Å². The van der Waals surface area contributed by atoms with Gasteiger partial charge in [0.2, 0.25) is 0 Å². The Balaban J connectivity index is 2.22. The molecule has 0 spiro atoms. The van der Waals surface area contributed by atoms with Gasteiger partial charge in [-0.3, -0.25) is 0 Å². The molecule has 0 saturated heterocycles. The van der Waals surface area contributed by atoms with Gasteiger partial charge in [-0.2, -0.15) is 5.10 Å². The molecule has 0 atom stereocenters. The van der Waals surface area contributed by atoms with E-state index in [0.717, 1.165) is 47.7 Å². The van der Waals surface area contributed by atoms with Crippen LogP contribution in [-0.2, 0) is 6.42 Å². The highest BCUT2D eigenvalue weighted by Crippen LogP contribution is 2.36. The lowest BCUT2D eigenvalue weighted by molar-refractivity contribution is 0.638. The minimum atomic E-state index is 0.521. The lowest BCUT2D eigenvalue weighted by atomic mass is 9.95. The van der Waals surface area contributed by atoms with Gasteiger partial charge in [-0.25, -0.2) is 14.5 Å². The molecule has 0 aliphatic carbocycles. The number of rotatable bonds is 6. The van der Waals surface area contributed by atoms with Crippen LogP contribution >= 0.6 is 11.3 Å². The lowest BCUT2D eigenvalue weighted by Crippen LogP contribution is -2.05. The normalized spacial score (nSPS) is 12.0. The Morgan fingerprint density at radius 3 is 2.35 bits per heavy atom. The molecule has 0 N–H and O–H groups in total. The molecule has 140 valence electrons. The second-order valence-corrected chi connectivity index (χ2v) is 8.74. The van der Waals surface area contributed by atoms with Crippen LogP contribution in [0, 0.1) is 26.7 Å². The van der Waals surface area contributed by atoms with E-state index in [0.29, 0.717) is 11.8 Å². The third kappa shape index (κ3) is 3.41. The van der Waals surface area contributed by atoms with Gasteiger partial charge in [0.05, 0.1) is 27.0 Å². The van der Waals surface area contributed by atoms with E-state index in [4.69, 9.17) is 15.1 Å². The number of aryl methyl sites for hydroxylation is 3. The van der Waals surface area contributed by atoms with Crippen LogP contribution in [0.2, 0.25) is 0 Å². The number of aromatic nitrogens is 4.